The van der Waals surface area contributed by atoms with Gasteiger partial charge in [0.1, 0.15) is 12.8 Å². The maximum atomic E-state index is 11.7. The largest absolute Gasteiger partial charge is 0.444 e. The lowest BCUT2D eigenvalue weighted by atomic mass is 10.1. The summed E-state index contributed by atoms with van der Waals surface area (Å²) in [7, 11) is 0. The Kier molecular flexibility index (Phi) is 3.98. The summed E-state index contributed by atoms with van der Waals surface area (Å²) in [6.45, 7) is 0.831. The maximum absolute atomic E-state index is 11.7. The fourth-order valence-corrected chi connectivity index (χ4v) is 1.93. The summed E-state index contributed by atoms with van der Waals surface area (Å²) in [5.74, 6) is 0. The number of benzene rings is 1. The van der Waals surface area contributed by atoms with Crippen LogP contribution in [0.15, 0.2) is 30.3 Å². The highest BCUT2D eigenvalue weighted by atomic mass is 16.6. The quantitative estimate of drug-likeness (QED) is 0.854. The predicted octanol–water partition coefficient (Wildman–Crippen LogP) is 2.13. The smallest absolute Gasteiger partial charge is 0.412 e. The van der Waals surface area contributed by atoms with Crippen LogP contribution in [0, 0.1) is 0 Å². The van der Waals surface area contributed by atoms with Gasteiger partial charge in [-0.05, 0) is 24.8 Å². The molecule has 0 radical (unpaired) electrons. The average Bonchev–Trinajstić information content (AvgIpc) is 2.38. The minimum atomic E-state index is -0.688. The molecule has 1 aromatic rings. The average molecular weight is 235 g/mol. The summed E-state index contributed by atoms with van der Waals surface area (Å²) in [5.41, 5.74) is 0.951. The number of aliphatic hydroxyl groups excluding tert-OH is 1. The number of aliphatic hydroxyl groups is 1. The Morgan fingerprint density at radius 2 is 2.12 bits per heavy atom. The van der Waals surface area contributed by atoms with Crippen LogP contribution < -0.4 is 0 Å². The first-order valence-electron chi connectivity index (χ1n) is 5.93. The third-order valence-corrected chi connectivity index (χ3v) is 2.91. The molecule has 4 heteroatoms. The number of piperidine rings is 1. The molecule has 1 amide bonds. The van der Waals surface area contributed by atoms with Gasteiger partial charge in [0.25, 0.3) is 0 Å². The van der Waals surface area contributed by atoms with E-state index in [1.54, 1.807) is 0 Å². The van der Waals surface area contributed by atoms with Gasteiger partial charge in [-0.3, -0.25) is 4.90 Å². The highest BCUT2D eigenvalue weighted by Crippen LogP contribution is 2.16. The molecule has 0 saturated carbocycles. The highest BCUT2D eigenvalue weighted by Gasteiger charge is 2.25. The molecule has 0 spiro atoms. The van der Waals surface area contributed by atoms with Gasteiger partial charge in [-0.1, -0.05) is 30.3 Å². The first-order chi connectivity index (χ1) is 8.27. The van der Waals surface area contributed by atoms with Crippen LogP contribution in [0.25, 0.3) is 0 Å². The Balaban J connectivity index is 1.84. The summed E-state index contributed by atoms with van der Waals surface area (Å²) < 4.78 is 5.16. The molecule has 1 atom stereocenters. The van der Waals surface area contributed by atoms with Crippen LogP contribution in [-0.4, -0.2) is 28.9 Å². The van der Waals surface area contributed by atoms with E-state index in [-0.39, 0.29) is 6.61 Å². The Hall–Kier alpha value is -1.55. The third kappa shape index (κ3) is 3.20. The number of carbonyl (C=O) groups excluding carboxylic acids is 1. The molecule has 92 valence electrons. The Labute approximate surface area is 101 Å². The molecule has 17 heavy (non-hydrogen) atoms. The fraction of sp³-hybridized carbons (Fsp3) is 0.462. The van der Waals surface area contributed by atoms with Gasteiger partial charge >= 0.3 is 6.09 Å². The highest BCUT2D eigenvalue weighted by molar-refractivity contribution is 5.67. The number of likely N-dealkylation sites (tertiary alicyclic amines) is 1. The lowest BCUT2D eigenvalue weighted by Gasteiger charge is -2.31. The van der Waals surface area contributed by atoms with E-state index in [0.717, 1.165) is 18.4 Å². The summed E-state index contributed by atoms with van der Waals surface area (Å²) in [5, 5.41) is 9.66. The van der Waals surface area contributed by atoms with Crippen LogP contribution in [0.3, 0.4) is 0 Å². The van der Waals surface area contributed by atoms with Crippen molar-refractivity contribution in [1.82, 2.24) is 4.90 Å². The Bertz CT molecular complexity index is 366. The summed E-state index contributed by atoms with van der Waals surface area (Å²) in [6, 6.07) is 9.53. The van der Waals surface area contributed by atoms with Crippen LogP contribution in [0.4, 0.5) is 4.79 Å². The van der Waals surface area contributed by atoms with Crippen LogP contribution >= 0.6 is 0 Å². The molecule has 2 rings (SSSR count). The molecule has 0 aliphatic carbocycles. The number of nitrogens with zero attached hydrogens (tertiary/aromatic N) is 1. The zero-order valence-corrected chi connectivity index (χ0v) is 9.71. The molecular formula is C13H17NO3. The van der Waals surface area contributed by atoms with Gasteiger partial charge in [-0.2, -0.15) is 0 Å². The number of hydrogen-bond acceptors (Lipinski definition) is 3. The Morgan fingerprint density at radius 3 is 2.82 bits per heavy atom. The number of hydrogen-bond donors (Lipinski definition) is 1. The standard InChI is InChI=1S/C13H17NO3/c15-12-8-4-5-9-14(12)13(16)17-10-11-6-2-1-3-7-11/h1-3,6-7,12,15H,4-5,8-10H2/t12-/m0/s1. The van der Waals surface area contributed by atoms with Gasteiger partial charge in [0.2, 0.25) is 0 Å². The zero-order valence-electron chi connectivity index (χ0n) is 9.71. The van der Waals surface area contributed by atoms with Crippen molar-refractivity contribution in [1.29, 1.82) is 0 Å². The minimum Gasteiger partial charge on any atom is -0.444 e. The van der Waals surface area contributed by atoms with E-state index < -0.39 is 12.3 Å². The monoisotopic (exact) mass is 235 g/mol. The molecule has 1 N–H and O–H groups in total. The molecule has 4 nitrogen and oxygen atoms in total. The fourth-order valence-electron chi connectivity index (χ4n) is 1.93. The second kappa shape index (κ2) is 5.68. The van der Waals surface area contributed by atoms with Gasteiger partial charge < -0.3 is 9.84 Å². The van der Waals surface area contributed by atoms with Crippen molar-refractivity contribution >= 4 is 6.09 Å². The van der Waals surface area contributed by atoms with Crippen molar-refractivity contribution in [3.8, 4) is 0 Å². The van der Waals surface area contributed by atoms with E-state index >= 15 is 0 Å². The predicted molar refractivity (Wildman–Crippen MR) is 63.2 cm³/mol. The zero-order chi connectivity index (χ0) is 12.1. The molecule has 1 saturated heterocycles. The molecule has 1 fully saturated rings. The van der Waals surface area contributed by atoms with Gasteiger partial charge in [-0.25, -0.2) is 4.79 Å². The van der Waals surface area contributed by atoms with Crippen LogP contribution in [0.1, 0.15) is 24.8 Å². The number of carbonyl (C=O) groups is 1. The van der Waals surface area contributed by atoms with Crippen molar-refractivity contribution in [3.63, 3.8) is 0 Å². The first-order valence-corrected chi connectivity index (χ1v) is 5.93. The lowest BCUT2D eigenvalue weighted by Crippen LogP contribution is -2.43. The van der Waals surface area contributed by atoms with E-state index in [2.05, 4.69) is 0 Å². The van der Waals surface area contributed by atoms with E-state index in [4.69, 9.17) is 4.74 Å². The third-order valence-electron chi connectivity index (χ3n) is 2.91. The van der Waals surface area contributed by atoms with Gasteiger partial charge in [0, 0.05) is 6.54 Å². The van der Waals surface area contributed by atoms with E-state index in [0.29, 0.717) is 13.0 Å². The van der Waals surface area contributed by atoms with Crippen molar-refractivity contribution in [2.45, 2.75) is 32.1 Å². The van der Waals surface area contributed by atoms with Gasteiger partial charge in [0.15, 0.2) is 0 Å². The second-order valence-corrected chi connectivity index (χ2v) is 4.21. The summed E-state index contributed by atoms with van der Waals surface area (Å²) in [4.78, 5) is 13.1. The number of ether oxygens (including phenoxy) is 1. The lowest BCUT2D eigenvalue weighted by molar-refractivity contribution is -0.0235. The SMILES string of the molecule is O=C(OCc1ccccc1)N1CCCC[C@@H]1O. The Morgan fingerprint density at radius 1 is 1.35 bits per heavy atom. The van der Waals surface area contributed by atoms with Crippen molar-refractivity contribution < 1.29 is 14.6 Å². The van der Waals surface area contributed by atoms with Crippen molar-refractivity contribution in [3.05, 3.63) is 35.9 Å². The van der Waals surface area contributed by atoms with E-state index in [1.165, 1.54) is 4.90 Å². The molecule has 0 bridgehead atoms. The summed E-state index contributed by atoms with van der Waals surface area (Å²) >= 11 is 0. The van der Waals surface area contributed by atoms with Crippen molar-refractivity contribution in [2.75, 3.05) is 6.54 Å². The first kappa shape index (κ1) is 11.9. The molecule has 1 aliphatic heterocycles. The van der Waals surface area contributed by atoms with Crippen LogP contribution in [0.5, 0.6) is 0 Å². The number of amides is 1. The molecule has 1 aromatic carbocycles. The normalized spacial score (nSPS) is 20.1. The molecule has 1 aliphatic rings. The van der Waals surface area contributed by atoms with Gasteiger partial charge in [0.05, 0.1) is 0 Å². The van der Waals surface area contributed by atoms with E-state index in [9.17, 15) is 9.90 Å². The topological polar surface area (TPSA) is 49.8 Å². The second-order valence-electron chi connectivity index (χ2n) is 4.21. The van der Waals surface area contributed by atoms with Crippen LogP contribution in [0.2, 0.25) is 0 Å². The molecule has 1 heterocycles. The molecule has 0 unspecified atom stereocenters. The van der Waals surface area contributed by atoms with Gasteiger partial charge in [-0.15, -0.1) is 0 Å². The van der Waals surface area contributed by atoms with E-state index in [1.807, 2.05) is 30.3 Å². The number of rotatable bonds is 2. The minimum absolute atomic E-state index is 0.253. The summed E-state index contributed by atoms with van der Waals surface area (Å²) in [6.07, 6.45) is 1.41. The maximum Gasteiger partial charge on any atom is 0.412 e. The van der Waals surface area contributed by atoms with Crippen LogP contribution in [-0.2, 0) is 11.3 Å². The molecular weight excluding hydrogens is 218 g/mol. The van der Waals surface area contributed by atoms with Crippen molar-refractivity contribution in [2.24, 2.45) is 0 Å². The molecule has 0 aromatic heterocycles.